The SMILES string of the molecule is CCN(Cc1ccccc1Cl)C(=O)CNC(=O)c1ccc(Br)o1. The van der Waals surface area contributed by atoms with Crippen molar-refractivity contribution < 1.29 is 14.0 Å². The lowest BCUT2D eigenvalue weighted by molar-refractivity contribution is -0.130. The van der Waals surface area contributed by atoms with E-state index in [0.29, 0.717) is 22.8 Å². The lowest BCUT2D eigenvalue weighted by atomic mass is 10.2. The Kier molecular flexibility index (Phi) is 6.24. The molecule has 0 saturated heterocycles. The van der Waals surface area contributed by atoms with Gasteiger partial charge in [-0.2, -0.15) is 0 Å². The molecule has 0 unspecified atom stereocenters. The number of nitrogens with one attached hydrogen (secondary N) is 1. The molecule has 5 nitrogen and oxygen atoms in total. The lowest BCUT2D eigenvalue weighted by Gasteiger charge is -2.21. The molecular weight excluding hydrogens is 384 g/mol. The predicted octanol–water partition coefficient (Wildman–Crippen LogP) is 3.47. The zero-order chi connectivity index (χ0) is 16.8. The van der Waals surface area contributed by atoms with Crippen LogP contribution in [-0.2, 0) is 11.3 Å². The van der Waals surface area contributed by atoms with E-state index in [1.165, 1.54) is 6.07 Å². The van der Waals surface area contributed by atoms with Gasteiger partial charge < -0.3 is 14.6 Å². The highest BCUT2D eigenvalue weighted by Gasteiger charge is 2.16. The van der Waals surface area contributed by atoms with Crippen molar-refractivity contribution in [2.75, 3.05) is 13.1 Å². The van der Waals surface area contributed by atoms with Gasteiger partial charge in [0.05, 0.1) is 6.54 Å². The molecule has 2 rings (SSSR count). The Morgan fingerprint density at radius 3 is 2.61 bits per heavy atom. The Labute approximate surface area is 147 Å². The summed E-state index contributed by atoms with van der Waals surface area (Å²) in [5, 5.41) is 3.16. The molecule has 0 fully saturated rings. The monoisotopic (exact) mass is 398 g/mol. The third kappa shape index (κ3) is 4.84. The minimum absolute atomic E-state index is 0.102. The van der Waals surface area contributed by atoms with Gasteiger partial charge in [0.2, 0.25) is 5.91 Å². The first kappa shape index (κ1) is 17.6. The molecule has 1 N–H and O–H groups in total. The summed E-state index contributed by atoms with van der Waals surface area (Å²) in [7, 11) is 0. The van der Waals surface area contributed by atoms with Gasteiger partial charge in [0.1, 0.15) is 0 Å². The third-order valence-corrected chi connectivity index (χ3v) is 4.05. The number of amides is 2. The number of carbonyl (C=O) groups is 2. The Bertz CT molecular complexity index is 702. The lowest BCUT2D eigenvalue weighted by Crippen LogP contribution is -2.39. The summed E-state index contributed by atoms with van der Waals surface area (Å²) in [4.78, 5) is 25.8. The molecule has 7 heteroatoms. The summed E-state index contributed by atoms with van der Waals surface area (Å²) in [6.07, 6.45) is 0. The van der Waals surface area contributed by atoms with Gasteiger partial charge in [0.25, 0.3) is 5.91 Å². The molecular formula is C16H16BrClN2O3. The largest absolute Gasteiger partial charge is 0.444 e. The van der Waals surface area contributed by atoms with Crippen molar-refractivity contribution in [2.45, 2.75) is 13.5 Å². The summed E-state index contributed by atoms with van der Waals surface area (Å²) in [5.74, 6) is -0.469. The topological polar surface area (TPSA) is 62.6 Å². The maximum atomic E-state index is 12.3. The first-order valence-electron chi connectivity index (χ1n) is 7.06. The number of rotatable bonds is 6. The van der Waals surface area contributed by atoms with E-state index in [0.717, 1.165) is 5.56 Å². The number of benzene rings is 1. The van der Waals surface area contributed by atoms with E-state index in [1.54, 1.807) is 17.0 Å². The van der Waals surface area contributed by atoms with E-state index in [1.807, 2.05) is 25.1 Å². The number of hydrogen-bond acceptors (Lipinski definition) is 3. The number of likely N-dealkylation sites (N-methyl/N-ethyl adjacent to an activating group) is 1. The molecule has 1 aromatic heterocycles. The van der Waals surface area contributed by atoms with Gasteiger partial charge in [-0.3, -0.25) is 9.59 Å². The fourth-order valence-electron chi connectivity index (χ4n) is 2.00. The number of carbonyl (C=O) groups excluding carboxylic acids is 2. The van der Waals surface area contributed by atoms with Crippen LogP contribution in [-0.4, -0.2) is 29.8 Å². The van der Waals surface area contributed by atoms with Crippen molar-refractivity contribution in [1.29, 1.82) is 0 Å². The van der Waals surface area contributed by atoms with Crippen LogP contribution in [0.25, 0.3) is 0 Å². The summed E-state index contributed by atoms with van der Waals surface area (Å²) < 4.78 is 5.60. The van der Waals surface area contributed by atoms with Crippen LogP contribution in [0, 0.1) is 0 Å². The van der Waals surface area contributed by atoms with Crippen LogP contribution in [0.15, 0.2) is 45.5 Å². The fraction of sp³-hybridized carbons (Fsp3) is 0.250. The predicted molar refractivity (Wildman–Crippen MR) is 91.3 cm³/mol. The van der Waals surface area contributed by atoms with E-state index in [-0.39, 0.29) is 18.2 Å². The van der Waals surface area contributed by atoms with Crippen molar-refractivity contribution in [3.63, 3.8) is 0 Å². The van der Waals surface area contributed by atoms with Gasteiger partial charge in [-0.15, -0.1) is 0 Å². The Hall–Kier alpha value is -1.79. The second-order valence-electron chi connectivity index (χ2n) is 4.79. The van der Waals surface area contributed by atoms with Crippen molar-refractivity contribution in [2.24, 2.45) is 0 Å². The quantitative estimate of drug-likeness (QED) is 0.809. The standard InChI is InChI=1S/C16H16BrClN2O3/c1-2-20(10-11-5-3-4-6-12(11)18)15(21)9-19-16(22)13-7-8-14(17)23-13/h3-8H,2,9-10H2,1H3,(H,19,22). The van der Waals surface area contributed by atoms with Gasteiger partial charge >= 0.3 is 0 Å². The van der Waals surface area contributed by atoms with Gasteiger partial charge in [0, 0.05) is 18.1 Å². The minimum Gasteiger partial charge on any atom is -0.444 e. The van der Waals surface area contributed by atoms with Gasteiger partial charge in [-0.25, -0.2) is 0 Å². The van der Waals surface area contributed by atoms with Crippen molar-refractivity contribution >= 4 is 39.3 Å². The summed E-state index contributed by atoms with van der Waals surface area (Å²) >= 11 is 9.24. The maximum absolute atomic E-state index is 12.3. The zero-order valence-electron chi connectivity index (χ0n) is 12.5. The Morgan fingerprint density at radius 2 is 2.00 bits per heavy atom. The molecule has 1 aromatic carbocycles. The zero-order valence-corrected chi connectivity index (χ0v) is 14.9. The van der Waals surface area contributed by atoms with E-state index in [9.17, 15) is 9.59 Å². The van der Waals surface area contributed by atoms with Crippen LogP contribution < -0.4 is 5.32 Å². The van der Waals surface area contributed by atoms with Crippen LogP contribution in [0.1, 0.15) is 23.0 Å². The molecule has 0 bridgehead atoms. The molecule has 2 amide bonds. The van der Waals surface area contributed by atoms with E-state index >= 15 is 0 Å². The number of nitrogens with zero attached hydrogens (tertiary/aromatic N) is 1. The highest BCUT2D eigenvalue weighted by Crippen LogP contribution is 2.17. The summed E-state index contributed by atoms with van der Waals surface area (Å²) in [6.45, 7) is 2.69. The number of halogens is 2. The summed E-state index contributed by atoms with van der Waals surface area (Å²) in [6, 6.07) is 10.5. The molecule has 0 atom stereocenters. The van der Waals surface area contributed by atoms with Crippen LogP contribution in [0.5, 0.6) is 0 Å². The van der Waals surface area contributed by atoms with Gasteiger partial charge in [0.15, 0.2) is 10.4 Å². The van der Waals surface area contributed by atoms with Crippen molar-refractivity contribution in [1.82, 2.24) is 10.2 Å². The van der Waals surface area contributed by atoms with E-state index in [4.69, 9.17) is 16.0 Å². The van der Waals surface area contributed by atoms with Gasteiger partial charge in [-0.1, -0.05) is 29.8 Å². The highest BCUT2D eigenvalue weighted by molar-refractivity contribution is 9.10. The molecule has 0 aliphatic heterocycles. The first-order valence-corrected chi connectivity index (χ1v) is 8.23. The van der Waals surface area contributed by atoms with Crippen molar-refractivity contribution in [3.8, 4) is 0 Å². The van der Waals surface area contributed by atoms with Crippen LogP contribution >= 0.6 is 27.5 Å². The molecule has 0 spiro atoms. The van der Waals surface area contributed by atoms with Crippen molar-refractivity contribution in [3.05, 3.63) is 57.4 Å². The minimum atomic E-state index is -0.433. The fourth-order valence-corrected chi connectivity index (χ4v) is 2.50. The van der Waals surface area contributed by atoms with Crippen LogP contribution in [0.4, 0.5) is 0 Å². The van der Waals surface area contributed by atoms with Gasteiger partial charge in [-0.05, 0) is 46.6 Å². The second-order valence-corrected chi connectivity index (χ2v) is 5.97. The van der Waals surface area contributed by atoms with Crippen LogP contribution in [0.3, 0.4) is 0 Å². The molecule has 0 radical (unpaired) electrons. The number of furan rings is 1. The highest BCUT2D eigenvalue weighted by atomic mass is 79.9. The molecule has 122 valence electrons. The van der Waals surface area contributed by atoms with E-state index < -0.39 is 5.91 Å². The van der Waals surface area contributed by atoms with E-state index in [2.05, 4.69) is 21.2 Å². The number of hydrogen-bond donors (Lipinski definition) is 1. The third-order valence-electron chi connectivity index (χ3n) is 3.25. The molecule has 2 aromatic rings. The van der Waals surface area contributed by atoms with Crippen LogP contribution in [0.2, 0.25) is 5.02 Å². The average Bonchev–Trinajstić information content (AvgIpc) is 2.98. The molecule has 23 heavy (non-hydrogen) atoms. The molecule has 0 saturated carbocycles. The second kappa shape index (κ2) is 8.17. The smallest absolute Gasteiger partial charge is 0.287 e. The first-order chi connectivity index (χ1) is 11.0. The normalized spacial score (nSPS) is 10.4. The Balaban J connectivity index is 1.92. The summed E-state index contributed by atoms with van der Waals surface area (Å²) in [5.41, 5.74) is 0.866. The molecule has 0 aliphatic rings. The molecule has 1 heterocycles. The maximum Gasteiger partial charge on any atom is 0.287 e. The Morgan fingerprint density at radius 1 is 1.26 bits per heavy atom. The molecule has 0 aliphatic carbocycles. The average molecular weight is 400 g/mol.